The zero-order valence-electron chi connectivity index (χ0n) is 11.3. The number of esters is 1. The van der Waals surface area contributed by atoms with E-state index >= 15 is 0 Å². The van der Waals surface area contributed by atoms with Gasteiger partial charge in [-0.05, 0) is 29.8 Å². The van der Waals surface area contributed by atoms with Gasteiger partial charge in [0, 0.05) is 12.1 Å². The van der Waals surface area contributed by atoms with Gasteiger partial charge in [-0.2, -0.15) is 0 Å². The van der Waals surface area contributed by atoms with E-state index in [1.165, 1.54) is 19.2 Å². The fraction of sp³-hybridized carbons (Fsp3) is 0.133. The van der Waals surface area contributed by atoms with Crippen molar-refractivity contribution in [1.82, 2.24) is 0 Å². The highest BCUT2D eigenvalue weighted by molar-refractivity contribution is 5.89. The largest absolute Gasteiger partial charge is 0.497 e. The number of hydrogen-bond donors (Lipinski definition) is 0. The summed E-state index contributed by atoms with van der Waals surface area (Å²) in [6.07, 6.45) is 0. The van der Waals surface area contributed by atoms with Crippen molar-refractivity contribution in [3.63, 3.8) is 0 Å². The number of nitro groups is 1. The predicted octanol–water partition coefficient (Wildman–Crippen LogP) is 2.96. The summed E-state index contributed by atoms with van der Waals surface area (Å²) in [5.74, 6) is 0.148. The number of nitrogens with zero attached hydrogens (tertiary/aromatic N) is 1. The molecule has 0 heterocycles. The lowest BCUT2D eigenvalue weighted by atomic mass is 10.2. The Hall–Kier alpha value is -2.89. The van der Waals surface area contributed by atoms with Gasteiger partial charge in [-0.25, -0.2) is 4.79 Å². The molecule has 2 aromatic carbocycles. The molecule has 0 fully saturated rings. The van der Waals surface area contributed by atoms with Crippen LogP contribution in [-0.2, 0) is 11.3 Å². The van der Waals surface area contributed by atoms with Crippen LogP contribution in [0.1, 0.15) is 15.9 Å². The van der Waals surface area contributed by atoms with E-state index in [-0.39, 0.29) is 12.3 Å². The lowest BCUT2D eigenvalue weighted by molar-refractivity contribution is -0.384. The molecule has 0 aliphatic rings. The second-order valence-electron chi connectivity index (χ2n) is 4.23. The number of ether oxygens (including phenoxy) is 2. The lowest BCUT2D eigenvalue weighted by Gasteiger charge is -2.06. The minimum absolute atomic E-state index is 0.0213. The van der Waals surface area contributed by atoms with Crippen LogP contribution in [0.3, 0.4) is 0 Å². The van der Waals surface area contributed by atoms with E-state index in [4.69, 9.17) is 9.47 Å². The van der Waals surface area contributed by atoms with Gasteiger partial charge >= 0.3 is 5.97 Å². The molecule has 0 unspecified atom stereocenters. The SMILES string of the molecule is COc1ccc(C(=O)OCc2cccc([N+](=O)[O-])c2)cc1. The van der Waals surface area contributed by atoms with Crippen LogP contribution >= 0.6 is 0 Å². The first-order valence-corrected chi connectivity index (χ1v) is 6.14. The molecule has 6 heteroatoms. The first-order chi connectivity index (χ1) is 10.1. The molecule has 0 aliphatic carbocycles. The third kappa shape index (κ3) is 3.79. The number of hydrogen-bond acceptors (Lipinski definition) is 5. The van der Waals surface area contributed by atoms with E-state index in [1.807, 2.05) is 0 Å². The van der Waals surface area contributed by atoms with E-state index in [0.717, 1.165) is 0 Å². The van der Waals surface area contributed by atoms with Crippen molar-refractivity contribution < 1.29 is 19.2 Å². The van der Waals surface area contributed by atoms with Crippen LogP contribution in [0, 0.1) is 10.1 Å². The van der Waals surface area contributed by atoms with Gasteiger partial charge in [0.05, 0.1) is 17.6 Å². The van der Waals surface area contributed by atoms with Gasteiger partial charge in [0.15, 0.2) is 0 Å². The van der Waals surface area contributed by atoms with Crippen LogP contribution in [0.5, 0.6) is 5.75 Å². The summed E-state index contributed by atoms with van der Waals surface area (Å²) >= 11 is 0. The minimum atomic E-state index is -0.496. The van der Waals surface area contributed by atoms with E-state index in [0.29, 0.717) is 16.9 Å². The van der Waals surface area contributed by atoms with Gasteiger partial charge in [-0.1, -0.05) is 12.1 Å². The maximum absolute atomic E-state index is 11.8. The molecule has 0 radical (unpaired) electrons. The quantitative estimate of drug-likeness (QED) is 0.480. The Morgan fingerprint density at radius 2 is 1.90 bits per heavy atom. The molecule has 0 amide bonds. The van der Waals surface area contributed by atoms with Gasteiger partial charge in [-0.15, -0.1) is 0 Å². The Labute approximate surface area is 121 Å². The van der Waals surface area contributed by atoms with Crippen LogP contribution in [0.25, 0.3) is 0 Å². The molecule has 108 valence electrons. The second kappa shape index (κ2) is 6.51. The van der Waals surface area contributed by atoms with Gasteiger partial charge in [0.25, 0.3) is 5.69 Å². The number of benzene rings is 2. The van der Waals surface area contributed by atoms with E-state index in [1.54, 1.807) is 36.4 Å². The second-order valence-corrected chi connectivity index (χ2v) is 4.23. The van der Waals surface area contributed by atoms with Gasteiger partial charge in [-0.3, -0.25) is 10.1 Å². The van der Waals surface area contributed by atoms with Crippen molar-refractivity contribution in [2.75, 3.05) is 7.11 Å². The van der Waals surface area contributed by atoms with Gasteiger partial charge in [0.2, 0.25) is 0 Å². The molecule has 0 saturated carbocycles. The molecule has 0 saturated heterocycles. The van der Waals surface area contributed by atoms with Crippen molar-refractivity contribution in [3.05, 3.63) is 69.8 Å². The molecule has 0 spiro atoms. The van der Waals surface area contributed by atoms with Crippen LogP contribution in [-0.4, -0.2) is 18.0 Å². The molecular weight excluding hydrogens is 274 g/mol. The van der Waals surface area contributed by atoms with Gasteiger partial charge < -0.3 is 9.47 Å². The summed E-state index contributed by atoms with van der Waals surface area (Å²) in [5, 5.41) is 10.7. The van der Waals surface area contributed by atoms with Crippen molar-refractivity contribution in [2.24, 2.45) is 0 Å². The number of carbonyl (C=O) groups excluding carboxylic acids is 1. The number of rotatable bonds is 5. The summed E-state index contributed by atoms with van der Waals surface area (Å²) < 4.78 is 10.1. The number of methoxy groups -OCH3 is 1. The van der Waals surface area contributed by atoms with E-state index in [9.17, 15) is 14.9 Å². The van der Waals surface area contributed by atoms with E-state index < -0.39 is 10.9 Å². The Morgan fingerprint density at radius 1 is 1.19 bits per heavy atom. The predicted molar refractivity (Wildman–Crippen MR) is 75.2 cm³/mol. The fourth-order valence-electron chi connectivity index (χ4n) is 1.72. The average Bonchev–Trinajstić information content (AvgIpc) is 2.53. The van der Waals surface area contributed by atoms with Crippen LogP contribution in [0.4, 0.5) is 5.69 Å². The zero-order chi connectivity index (χ0) is 15.2. The first-order valence-electron chi connectivity index (χ1n) is 6.14. The normalized spacial score (nSPS) is 9.95. The summed E-state index contributed by atoms with van der Waals surface area (Å²) in [6.45, 7) is -0.0213. The third-order valence-electron chi connectivity index (χ3n) is 2.82. The third-order valence-corrected chi connectivity index (χ3v) is 2.82. The number of nitro benzene ring substituents is 1. The maximum atomic E-state index is 11.8. The highest BCUT2D eigenvalue weighted by Gasteiger charge is 2.10. The summed E-state index contributed by atoms with van der Waals surface area (Å²) in [6, 6.07) is 12.5. The molecule has 0 atom stereocenters. The fourth-order valence-corrected chi connectivity index (χ4v) is 1.72. The Bertz CT molecular complexity index is 651. The summed E-state index contributed by atoms with van der Waals surface area (Å²) in [4.78, 5) is 22.0. The van der Waals surface area contributed by atoms with Crippen LogP contribution in [0.15, 0.2) is 48.5 Å². The minimum Gasteiger partial charge on any atom is -0.497 e. The molecule has 6 nitrogen and oxygen atoms in total. The molecule has 0 aliphatic heterocycles. The molecule has 21 heavy (non-hydrogen) atoms. The summed E-state index contributed by atoms with van der Waals surface area (Å²) in [7, 11) is 1.54. The first kappa shape index (κ1) is 14.5. The average molecular weight is 287 g/mol. The summed E-state index contributed by atoms with van der Waals surface area (Å²) in [5.41, 5.74) is 0.917. The lowest BCUT2D eigenvalue weighted by Crippen LogP contribution is -2.05. The van der Waals surface area contributed by atoms with Gasteiger partial charge in [0.1, 0.15) is 12.4 Å². The van der Waals surface area contributed by atoms with Crippen LogP contribution < -0.4 is 4.74 Å². The Balaban J connectivity index is 2.00. The maximum Gasteiger partial charge on any atom is 0.338 e. The Kier molecular flexibility index (Phi) is 4.50. The highest BCUT2D eigenvalue weighted by atomic mass is 16.6. The van der Waals surface area contributed by atoms with E-state index in [2.05, 4.69) is 0 Å². The van der Waals surface area contributed by atoms with Crippen LogP contribution in [0.2, 0.25) is 0 Å². The standard InChI is InChI=1S/C15H13NO5/c1-20-14-7-5-12(6-8-14)15(17)21-10-11-3-2-4-13(9-11)16(18)19/h2-9H,10H2,1H3. The molecule has 0 N–H and O–H groups in total. The molecule has 0 aromatic heterocycles. The van der Waals surface area contributed by atoms with Crippen molar-refractivity contribution >= 4 is 11.7 Å². The van der Waals surface area contributed by atoms with Crippen molar-refractivity contribution in [3.8, 4) is 5.75 Å². The van der Waals surface area contributed by atoms with Crippen molar-refractivity contribution in [2.45, 2.75) is 6.61 Å². The molecule has 2 rings (SSSR count). The molecule has 0 bridgehead atoms. The highest BCUT2D eigenvalue weighted by Crippen LogP contribution is 2.15. The topological polar surface area (TPSA) is 78.7 Å². The number of non-ortho nitro benzene ring substituents is 1. The molecule has 2 aromatic rings. The smallest absolute Gasteiger partial charge is 0.338 e. The number of carbonyl (C=O) groups is 1. The van der Waals surface area contributed by atoms with Crippen molar-refractivity contribution in [1.29, 1.82) is 0 Å². The zero-order valence-corrected chi connectivity index (χ0v) is 11.3. The monoisotopic (exact) mass is 287 g/mol. The Morgan fingerprint density at radius 3 is 2.52 bits per heavy atom. The molecular formula is C15H13NO5.